The van der Waals surface area contributed by atoms with E-state index in [-0.39, 0.29) is 11.5 Å². The van der Waals surface area contributed by atoms with Crippen LogP contribution in [0.4, 0.5) is 11.5 Å². The van der Waals surface area contributed by atoms with Crippen molar-refractivity contribution in [3.63, 3.8) is 0 Å². The predicted octanol–water partition coefficient (Wildman–Crippen LogP) is 1.91. The molecule has 2 fully saturated rings. The average Bonchev–Trinajstić information content (AvgIpc) is 3.07. The second-order valence-corrected chi connectivity index (χ2v) is 7.17. The van der Waals surface area contributed by atoms with Crippen LogP contribution < -0.4 is 15.5 Å². The Kier molecular flexibility index (Phi) is 4.57. The molecule has 4 heterocycles. The molecular weight excluding hydrogens is 318 g/mol. The summed E-state index contributed by atoms with van der Waals surface area (Å²) in [5, 5.41) is 10.2. The minimum atomic E-state index is -0.337. The van der Waals surface area contributed by atoms with Gasteiger partial charge in [-0.3, -0.25) is 4.79 Å². The van der Waals surface area contributed by atoms with Gasteiger partial charge < -0.3 is 20.4 Å². The highest BCUT2D eigenvalue weighted by atomic mass is 16.7. The lowest BCUT2D eigenvalue weighted by Gasteiger charge is -2.30. The van der Waals surface area contributed by atoms with E-state index in [0.29, 0.717) is 18.0 Å². The zero-order valence-corrected chi connectivity index (χ0v) is 14.5. The Labute approximate surface area is 147 Å². The molecule has 1 spiro atoms. The molecule has 1 atom stereocenters. The molecular formula is C18H25N5O2. The number of aromatic nitrogens is 1. The van der Waals surface area contributed by atoms with Crippen molar-refractivity contribution in [3.8, 4) is 0 Å². The van der Waals surface area contributed by atoms with Gasteiger partial charge in [0.25, 0.3) is 5.91 Å². The Bertz CT molecular complexity index is 646. The lowest BCUT2D eigenvalue weighted by atomic mass is 9.89. The SMILES string of the molecule is O=C(Nc1ccc(N2CCCCC2)cn1)C1=NOC2(CCCNC2)C1. The van der Waals surface area contributed by atoms with Crippen molar-refractivity contribution in [3.05, 3.63) is 18.3 Å². The van der Waals surface area contributed by atoms with Crippen LogP contribution in [0.3, 0.4) is 0 Å². The number of carbonyl (C=O) groups is 1. The topological polar surface area (TPSA) is 78.9 Å². The molecule has 2 N–H and O–H groups in total. The zero-order chi connectivity index (χ0) is 17.1. The average molecular weight is 343 g/mol. The Balaban J connectivity index is 1.35. The van der Waals surface area contributed by atoms with E-state index in [2.05, 4.69) is 25.7 Å². The number of nitrogens with one attached hydrogen (secondary N) is 2. The van der Waals surface area contributed by atoms with Gasteiger partial charge in [-0.1, -0.05) is 5.16 Å². The first-order valence-corrected chi connectivity index (χ1v) is 9.22. The molecule has 134 valence electrons. The quantitative estimate of drug-likeness (QED) is 0.876. The third kappa shape index (κ3) is 3.61. The summed E-state index contributed by atoms with van der Waals surface area (Å²) in [6.45, 7) is 3.91. The van der Waals surface area contributed by atoms with Crippen molar-refractivity contribution in [2.24, 2.45) is 5.16 Å². The number of oxime groups is 1. The van der Waals surface area contributed by atoms with Crippen LogP contribution in [-0.4, -0.2) is 48.4 Å². The molecule has 0 radical (unpaired) electrons. The normalized spacial score (nSPS) is 26.2. The second-order valence-electron chi connectivity index (χ2n) is 7.17. The molecule has 4 rings (SSSR count). The van der Waals surface area contributed by atoms with Crippen molar-refractivity contribution < 1.29 is 9.63 Å². The lowest BCUT2D eigenvalue weighted by Crippen LogP contribution is -2.46. The fraction of sp³-hybridized carbons (Fsp3) is 0.611. The highest BCUT2D eigenvalue weighted by molar-refractivity contribution is 6.43. The van der Waals surface area contributed by atoms with E-state index in [4.69, 9.17) is 4.84 Å². The molecule has 3 aliphatic rings. The monoisotopic (exact) mass is 343 g/mol. The largest absolute Gasteiger partial charge is 0.387 e. The van der Waals surface area contributed by atoms with Gasteiger partial charge in [-0.2, -0.15) is 0 Å². The summed E-state index contributed by atoms with van der Waals surface area (Å²) in [7, 11) is 0. The van der Waals surface area contributed by atoms with Gasteiger partial charge >= 0.3 is 0 Å². The summed E-state index contributed by atoms with van der Waals surface area (Å²) in [4.78, 5) is 24.8. The number of hydrogen-bond donors (Lipinski definition) is 2. The molecule has 0 aliphatic carbocycles. The van der Waals surface area contributed by atoms with Crippen LogP contribution in [0, 0.1) is 0 Å². The van der Waals surface area contributed by atoms with Crippen molar-refractivity contribution in [2.45, 2.75) is 44.1 Å². The molecule has 25 heavy (non-hydrogen) atoms. The third-order valence-electron chi connectivity index (χ3n) is 5.24. The van der Waals surface area contributed by atoms with Crippen molar-refractivity contribution >= 4 is 23.1 Å². The molecule has 7 heteroatoms. The van der Waals surface area contributed by atoms with Gasteiger partial charge in [0, 0.05) is 26.1 Å². The molecule has 0 saturated carbocycles. The highest BCUT2D eigenvalue weighted by Gasteiger charge is 2.42. The number of amides is 1. The van der Waals surface area contributed by atoms with E-state index in [9.17, 15) is 4.79 Å². The molecule has 2 saturated heterocycles. The molecule has 0 bridgehead atoms. The van der Waals surface area contributed by atoms with Gasteiger partial charge in [0.2, 0.25) is 0 Å². The second kappa shape index (κ2) is 7.00. The first-order valence-electron chi connectivity index (χ1n) is 9.22. The number of nitrogens with zero attached hydrogens (tertiary/aromatic N) is 3. The minimum absolute atomic E-state index is 0.222. The minimum Gasteiger partial charge on any atom is -0.387 e. The number of piperidine rings is 2. The smallest absolute Gasteiger partial charge is 0.274 e. The Hall–Kier alpha value is -2.15. The molecule has 1 aromatic rings. The molecule has 0 aromatic carbocycles. The standard InChI is InChI=1S/C18H25N5O2/c24-17(15-11-18(25-22-15)7-4-8-19-13-18)21-16-6-5-14(12-20-16)23-9-2-1-3-10-23/h5-6,12,19H,1-4,7-11,13H2,(H,20,21,24). The van der Waals surface area contributed by atoms with Gasteiger partial charge in [-0.15, -0.1) is 0 Å². The van der Waals surface area contributed by atoms with Crippen LogP contribution in [0.5, 0.6) is 0 Å². The predicted molar refractivity (Wildman–Crippen MR) is 96.9 cm³/mol. The number of hydrogen-bond acceptors (Lipinski definition) is 6. The molecule has 1 amide bonds. The zero-order valence-electron chi connectivity index (χ0n) is 14.5. The van der Waals surface area contributed by atoms with Crippen LogP contribution in [0.15, 0.2) is 23.5 Å². The summed E-state index contributed by atoms with van der Waals surface area (Å²) < 4.78 is 0. The van der Waals surface area contributed by atoms with E-state index in [1.54, 1.807) is 0 Å². The van der Waals surface area contributed by atoms with E-state index < -0.39 is 0 Å². The van der Waals surface area contributed by atoms with Crippen LogP contribution >= 0.6 is 0 Å². The van der Waals surface area contributed by atoms with Gasteiger partial charge in [-0.25, -0.2) is 4.98 Å². The Morgan fingerprint density at radius 2 is 2.12 bits per heavy atom. The van der Waals surface area contributed by atoms with Gasteiger partial charge in [0.1, 0.15) is 11.5 Å². The molecule has 7 nitrogen and oxygen atoms in total. The van der Waals surface area contributed by atoms with Gasteiger partial charge in [-0.05, 0) is 50.8 Å². The maximum atomic E-state index is 12.4. The van der Waals surface area contributed by atoms with Crippen molar-refractivity contribution in [1.82, 2.24) is 10.3 Å². The summed E-state index contributed by atoms with van der Waals surface area (Å²) in [5.74, 6) is 0.330. The first kappa shape index (κ1) is 16.3. The number of rotatable bonds is 3. The molecule has 1 unspecified atom stereocenters. The van der Waals surface area contributed by atoms with Crippen LogP contribution in [-0.2, 0) is 9.63 Å². The third-order valence-corrected chi connectivity index (χ3v) is 5.24. The Morgan fingerprint density at radius 1 is 1.24 bits per heavy atom. The number of carbonyl (C=O) groups excluding carboxylic acids is 1. The van der Waals surface area contributed by atoms with Crippen LogP contribution in [0.1, 0.15) is 38.5 Å². The highest BCUT2D eigenvalue weighted by Crippen LogP contribution is 2.30. The maximum absolute atomic E-state index is 12.4. The van der Waals surface area contributed by atoms with Crippen molar-refractivity contribution in [2.75, 3.05) is 36.4 Å². The summed E-state index contributed by atoms with van der Waals surface area (Å²) in [5.41, 5.74) is 1.23. The molecule has 3 aliphatic heterocycles. The maximum Gasteiger partial charge on any atom is 0.274 e. The van der Waals surface area contributed by atoms with E-state index in [0.717, 1.165) is 44.7 Å². The molecule has 1 aromatic heterocycles. The number of anilines is 2. The van der Waals surface area contributed by atoms with E-state index >= 15 is 0 Å². The number of pyridine rings is 1. The lowest BCUT2D eigenvalue weighted by molar-refractivity contribution is -0.110. The van der Waals surface area contributed by atoms with Crippen molar-refractivity contribution in [1.29, 1.82) is 0 Å². The summed E-state index contributed by atoms with van der Waals surface area (Å²) >= 11 is 0. The van der Waals surface area contributed by atoms with E-state index in [1.807, 2.05) is 18.3 Å². The first-order chi connectivity index (χ1) is 12.2. The summed E-state index contributed by atoms with van der Waals surface area (Å²) in [6.07, 6.45) is 8.13. The fourth-order valence-electron chi connectivity index (χ4n) is 3.80. The Morgan fingerprint density at radius 3 is 2.84 bits per heavy atom. The summed E-state index contributed by atoms with van der Waals surface area (Å²) in [6, 6.07) is 3.88. The van der Waals surface area contributed by atoms with Crippen LogP contribution in [0.2, 0.25) is 0 Å². The van der Waals surface area contributed by atoms with Gasteiger partial charge in [0.15, 0.2) is 5.60 Å². The van der Waals surface area contributed by atoms with Crippen LogP contribution in [0.25, 0.3) is 0 Å². The fourth-order valence-corrected chi connectivity index (χ4v) is 3.80. The van der Waals surface area contributed by atoms with E-state index in [1.165, 1.54) is 19.3 Å². The van der Waals surface area contributed by atoms with Gasteiger partial charge in [0.05, 0.1) is 11.9 Å².